The van der Waals surface area contributed by atoms with E-state index in [2.05, 4.69) is 0 Å². The van der Waals surface area contributed by atoms with Crippen LogP contribution in [-0.2, 0) is 6.54 Å². The highest BCUT2D eigenvalue weighted by Crippen LogP contribution is 2.30. The van der Waals surface area contributed by atoms with Gasteiger partial charge >= 0.3 is 0 Å². The van der Waals surface area contributed by atoms with E-state index >= 15 is 0 Å². The Kier molecular flexibility index (Phi) is 3.57. The van der Waals surface area contributed by atoms with Crippen LogP contribution in [-0.4, -0.2) is 16.8 Å². The lowest BCUT2D eigenvalue weighted by atomic mass is 10.1. The lowest BCUT2D eigenvalue weighted by molar-refractivity contribution is 0.0725. The highest BCUT2D eigenvalue weighted by molar-refractivity contribution is 7.07. The van der Waals surface area contributed by atoms with Crippen molar-refractivity contribution in [3.63, 3.8) is 0 Å². The van der Waals surface area contributed by atoms with E-state index in [0.717, 1.165) is 24.0 Å². The van der Waals surface area contributed by atoms with Crippen LogP contribution in [0, 0.1) is 12.7 Å². The number of hydrogen-bond acceptors (Lipinski definition) is 2. The largest absolute Gasteiger partial charge is 0.331 e. The highest BCUT2D eigenvalue weighted by atomic mass is 32.1. The molecule has 2 nitrogen and oxygen atoms in total. The van der Waals surface area contributed by atoms with Gasteiger partial charge in [-0.3, -0.25) is 4.79 Å². The molecule has 0 unspecified atom stereocenters. The van der Waals surface area contributed by atoms with Gasteiger partial charge in [-0.05, 0) is 59.9 Å². The van der Waals surface area contributed by atoms with Crippen LogP contribution in [0.4, 0.5) is 4.39 Å². The Morgan fingerprint density at radius 2 is 2.20 bits per heavy atom. The van der Waals surface area contributed by atoms with Gasteiger partial charge in [0, 0.05) is 12.6 Å². The minimum absolute atomic E-state index is 0.178. The fourth-order valence-corrected chi connectivity index (χ4v) is 2.94. The number of carbonyl (C=O) groups excluding carboxylic acids is 1. The van der Waals surface area contributed by atoms with Crippen molar-refractivity contribution >= 4 is 17.2 Å². The number of nitrogens with zero attached hydrogens (tertiary/aromatic N) is 1. The highest BCUT2D eigenvalue weighted by Gasteiger charge is 2.34. The molecule has 0 spiro atoms. The van der Waals surface area contributed by atoms with Crippen LogP contribution >= 0.6 is 11.3 Å². The molecule has 1 aliphatic carbocycles. The first-order chi connectivity index (χ1) is 9.65. The average Bonchev–Trinajstić information content (AvgIpc) is 3.12. The zero-order valence-electron chi connectivity index (χ0n) is 11.3. The number of hydrogen-bond donors (Lipinski definition) is 0. The van der Waals surface area contributed by atoms with E-state index in [-0.39, 0.29) is 17.5 Å². The summed E-state index contributed by atoms with van der Waals surface area (Å²) in [4.78, 5) is 14.4. The van der Waals surface area contributed by atoms with Crippen molar-refractivity contribution in [3.8, 4) is 0 Å². The number of amides is 1. The summed E-state index contributed by atoms with van der Waals surface area (Å²) in [6, 6.07) is 7.08. The van der Waals surface area contributed by atoms with Gasteiger partial charge in [-0.15, -0.1) is 0 Å². The van der Waals surface area contributed by atoms with E-state index in [4.69, 9.17) is 0 Å². The molecule has 4 heteroatoms. The predicted molar refractivity (Wildman–Crippen MR) is 78.4 cm³/mol. The second kappa shape index (κ2) is 5.37. The predicted octanol–water partition coefficient (Wildman–Crippen LogP) is 4.00. The van der Waals surface area contributed by atoms with E-state index in [1.165, 1.54) is 6.07 Å². The topological polar surface area (TPSA) is 20.3 Å². The van der Waals surface area contributed by atoms with Gasteiger partial charge in [0.15, 0.2) is 0 Å². The van der Waals surface area contributed by atoms with Gasteiger partial charge in [-0.1, -0.05) is 6.07 Å². The molecule has 3 rings (SSSR count). The maximum atomic E-state index is 14.0. The number of benzene rings is 1. The molecule has 1 amide bonds. The van der Waals surface area contributed by atoms with Crippen LogP contribution in [0.15, 0.2) is 35.0 Å². The van der Waals surface area contributed by atoms with Crippen molar-refractivity contribution in [2.75, 3.05) is 0 Å². The van der Waals surface area contributed by atoms with E-state index in [1.807, 2.05) is 23.8 Å². The number of aryl methyl sites for hydroxylation is 1. The third-order valence-corrected chi connectivity index (χ3v) is 4.27. The first-order valence-corrected chi connectivity index (χ1v) is 7.67. The molecule has 1 aliphatic rings. The van der Waals surface area contributed by atoms with Crippen molar-refractivity contribution in [1.82, 2.24) is 4.90 Å². The van der Waals surface area contributed by atoms with E-state index in [9.17, 15) is 9.18 Å². The standard InChI is InChI=1S/C16H16FNOS/c1-11-2-5-14(15(17)8-11)16(19)18(13-3-4-13)9-12-6-7-20-10-12/h2,5-8,10,13H,3-4,9H2,1H3. The zero-order chi connectivity index (χ0) is 14.1. The van der Waals surface area contributed by atoms with Gasteiger partial charge in [0.2, 0.25) is 0 Å². The van der Waals surface area contributed by atoms with Gasteiger partial charge in [0.1, 0.15) is 5.82 Å². The molecule has 0 aliphatic heterocycles. The van der Waals surface area contributed by atoms with Crippen LogP contribution in [0.3, 0.4) is 0 Å². The number of carbonyl (C=O) groups is 1. The number of halogens is 1. The summed E-state index contributed by atoms with van der Waals surface area (Å²) >= 11 is 1.61. The third kappa shape index (κ3) is 2.75. The summed E-state index contributed by atoms with van der Waals surface area (Å²) in [7, 11) is 0. The summed E-state index contributed by atoms with van der Waals surface area (Å²) in [5, 5.41) is 4.03. The second-order valence-corrected chi connectivity index (χ2v) is 6.06. The van der Waals surface area contributed by atoms with E-state index in [0.29, 0.717) is 6.54 Å². The molecule has 0 atom stereocenters. The summed E-state index contributed by atoms with van der Waals surface area (Å²) in [6.45, 7) is 2.39. The molecular weight excluding hydrogens is 273 g/mol. The third-order valence-electron chi connectivity index (χ3n) is 3.54. The van der Waals surface area contributed by atoms with Gasteiger partial charge in [0.25, 0.3) is 5.91 Å². The van der Waals surface area contributed by atoms with Crippen LogP contribution < -0.4 is 0 Å². The quantitative estimate of drug-likeness (QED) is 0.833. The Bertz CT molecular complexity index is 619. The monoisotopic (exact) mass is 289 g/mol. The van der Waals surface area contributed by atoms with Crippen LogP contribution in [0.1, 0.15) is 34.3 Å². The van der Waals surface area contributed by atoms with Crippen LogP contribution in [0.5, 0.6) is 0 Å². The van der Waals surface area contributed by atoms with E-state index in [1.54, 1.807) is 28.4 Å². The second-order valence-electron chi connectivity index (χ2n) is 5.28. The Hall–Kier alpha value is -1.68. The van der Waals surface area contributed by atoms with Gasteiger partial charge in [0.05, 0.1) is 5.56 Å². The molecule has 0 N–H and O–H groups in total. The Labute approximate surface area is 121 Å². The fourth-order valence-electron chi connectivity index (χ4n) is 2.28. The Morgan fingerprint density at radius 1 is 1.40 bits per heavy atom. The van der Waals surface area contributed by atoms with E-state index < -0.39 is 5.82 Å². The Morgan fingerprint density at radius 3 is 2.80 bits per heavy atom. The van der Waals surface area contributed by atoms with Crippen LogP contribution in [0.2, 0.25) is 0 Å². The molecule has 0 saturated heterocycles. The SMILES string of the molecule is Cc1ccc(C(=O)N(Cc2ccsc2)C2CC2)c(F)c1. The number of rotatable bonds is 4. The van der Waals surface area contributed by atoms with Crippen molar-refractivity contribution in [3.05, 3.63) is 57.5 Å². The van der Waals surface area contributed by atoms with Crippen molar-refractivity contribution < 1.29 is 9.18 Å². The average molecular weight is 289 g/mol. The first kappa shape index (κ1) is 13.3. The lowest BCUT2D eigenvalue weighted by Gasteiger charge is -2.22. The maximum absolute atomic E-state index is 14.0. The molecule has 1 aromatic heterocycles. The smallest absolute Gasteiger partial charge is 0.257 e. The summed E-state index contributed by atoms with van der Waals surface area (Å²) in [5.41, 5.74) is 2.12. The zero-order valence-corrected chi connectivity index (χ0v) is 12.1. The molecule has 1 heterocycles. The molecule has 20 heavy (non-hydrogen) atoms. The van der Waals surface area contributed by atoms with Gasteiger partial charge in [-0.2, -0.15) is 11.3 Å². The molecule has 1 aromatic carbocycles. The van der Waals surface area contributed by atoms with Crippen molar-refractivity contribution in [1.29, 1.82) is 0 Å². The van der Waals surface area contributed by atoms with Crippen molar-refractivity contribution in [2.45, 2.75) is 32.4 Å². The summed E-state index contributed by atoms with van der Waals surface area (Å²) < 4.78 is 14.0. The minimum Gasteiger partial charge on any atom is -0.331 e. The Balaban J connectivity index is 1.85. The first-order valence-electron chi connectivity index (χ1n) is 6.73. The molecule has 0 bridgehead atoms. The molecule has 1 fully saturated rings. The number of thiophene rings is 1. The fraction of sp³-hybridized carbons (Fsp3) is 0.312. The van der Waals surface area contributed by atoms with Gasteiger partial charge in [-0.25, -0.2) is 4.39 Å². The normalized spacial score (nSPS) is 14.3. The molecule has 0 radical (unpaired) electrons. The molecule has 2 aromatic rings. The summed E-state index contributed by atoms with van der Waals surface area (Å²) in [5.74, 6) is -0.623. The lowest BCUT2D eigenvalue weighted by Crippen LogP contribution is -2.33. The van der Waals surface area contributed by atoms with Crippen LogP contribution in [0.25, 0.3) is 0 Å². The molecular formula is C16H16FNOS. The van der Waals surface area contributed by atoms with Gasteiger partial charge < -0.3 is 4.90 Å². The minimum atomic E-state index is -0.425. The van der Waals surface area contributed by atoms with Crippen molar-refractivity contribution in [2.24, 2.45) is 0 Å². The maximum Gasteiger partial charge on any atom is 0.257 e. The summed E-state index contributed by atoms with van der Waals surface area (Å²) in [6.07, 6.45) is 2.03. The molecule has 1 saturated carbocycles. The molecule has 104 valence electrons.